The van der Waals surface area contributed by atoms with Crippen LogP contribution < -0.4 is 14.2 Å². The van der Waals surface area contributed by atoms with Gasteiger partial charge in [0, 0.05) is 6.54 Å². The van der Waals surface area contributed by atoms with E-state index in [4.69, 9.17) is 9.47 Å². The molecule has 5 nitrogen and oxygen atoms in total. The molecule has 29 heavy (non-hydrogen) atoms. The fourth-order valence-electron chi connectivity index (χ4n) is 3.50. The Morgan fingerprint density at radius 1 is 0.862 bits per heavy atom. The Morgan fingerprint density at radius 2 is 1.45 bits per heavy atom. The summed E-state index contributed by atoms with van der Waals surface area (Å²) in [7, 11) is -3.69. The highest BCUT2D eigenvalue weighted by Gasteiger charge is 2.27. The predicted octanol–water partition coefficient (Wildman–Crippen LogP) is 5.26. The molecule has 0 atom stereocenters. The lowest BCUT2D eigenvalue weighted by Gasteiger charge is -2.23. The van der Waals surface area contributed by atoms with Gasteiger partial charge in [0.2, 0.25) is 16.8 Å². The van der Waals surface area contributed by atoms with Crippen LogP contribution in [0.3, 0.4) is 0 Å². The van der Waals surface area contributed by atoms with E-state index >= 15 is 0 Å². The van der Waals surface area contributed by atoms with E-state index in [1.165, 1.54) is 5.56 Å². The van der Waals surface area contributed by atoms with Gasteiger partial charge in [-0.25, -0.2) is 13.1 Å². The van der Waals surface area contributed by atoms with Gasteiger partial charge in [0.15, 0.2) is 11.5 Å². The van der Waals surface area contributed by atoms with E-state index in [-0.39, 0.29) is 25.2 Å². The first kappa shape index (κ1) is 21.7. The third kappa shape index (κ3) is 4.59. The molecular formula is C23H31NO4S. The Kier molecular flexibility index (Phi) is 6.24. The van der Waals surface area contributed by atoms with Crippen LogP contribution in [0.2, 0.25) is 0 Å². The van der Waals surface area contributed by atoms with Crippen LogP contribution in [0.25, 0.3) is 0 Å². The average molecular weight is 418 g/mol. The van der Waals surface area contributed by atoms with Gasteiger partial charge in [0.25, 0.3) is 0 Å². The van der Waals surface area contributed by atoms with Crippen molar-refractivity contribution >= 4 is 10.0 Å². The fraction of sp³-hybridized carbons (Fsp3) is 0.478. The number of rotatable bonds is 7. The third-order valence-electron chi connectivity index (χ3n) is 5.25. The summed E-state index contributed by atoms with van der Waals surface area (Å²) in [5.41, 5.74) is 3.75. The topological polar surface area (TPSA) is 64.6 Å². The van der Waals surface area contributed by atoms with Crippen molar-refractivity contribution in [2.75, 3.05) is 6.79 Å². The second-order valence-corrected chi connectivity index (χ2v) is 10.2. The molecule has 0 aromatic heterocycles. The van der Waals surface area contributed by atoms with Crippen molar-refractivity contribution in [1.29, 1.82) is 0 Å². The molecule has 2 aromatic carbocycles. The van der Waals surface area contributed by atoms with E-state index in [0.29, 0.717) is 22.3 Å². The average Bonchev–Trinajstić information content (AvgIpc) is 3.13. The second-order valence-electron chi connectivity index (χ2n) is 8.50. The van der Waals surface area contributed by atoms with Gasteiger partial charge in [-0.2, -0.15) is 0 Å². The lowest BCUT2D eigenvalue weighted by atomic mass is 9.89. The quantitative estimate of drug-likeness (QED) is 0.667. The Morgan fingerprint density at radius 3 is 2.00 bits per heavy atom. The molecule has 3 rings (SSSR count). The van der Waals surface area contributed by atoms with Gasteiger partial charge in [-0.3, -0.25) is 0 Å². The molecule has 0 bridgehead atoms. The maximum absolute atomic E-state index is 13.4. The maximum atomic E-state index is 13.4. The van der Waals surface area contributed by atoms with Crippen molar-refractivity contribution in [3.05, 3.63) is 52.6 Å². The van der Waals surface area contributed by atoms with Crippen molar-refractivity contribution in [2.45, 2.75) is 70.7 Å². The van der Waals surface area contributed by atoms with Gasteiger partial charge in [-0.15, -0.1) is 0 Å². The number of sulfonamides is 1. The first-order chi connectivity index (χ1) is 13.6. The summed E-state index contributed by atoms with van der Waals surface area (Å²) in [6.07, 6.45) is 0. The van der Waals surface area contributed by atoms with E-state index < -0.39 is 10.0 Å². The van der Waals surface area contributed by atoms with E-state index in [2.05, 4.69) is 30.7 Å². The minimum absolute atomic E-state index is 0.100. The Bertz CT molecular complexity index is 965. The van der Waals surface area contributed by atoms with Gasteiger partial charge in [-0.05, 0) is 52.1 Å². The van der Waals surface area contributed by atoms with Gasteiger partial charge >= 0.3 is 0 Å². The molecule has 0 saturated carbocycles. The van der Waals surface area contributed by atoms with Gasteiger partial charge in [-0.1, -0.05) is 59.7 Å². The molecule has 0 aliphatic carbocycles. The first-order valence-corrected chi connectivity index (χ1v) is 11.6. The lowest BCUT2D eigenvalue weighted by molar-refractivity contribution is 0.174. The number of hydrogen-bond donors (Lipinski definition) is 1. The monoisotopic (exact) mass is 417 g/mol. The third-order valence-corrected chi connectivity index (χ3v) is 6.78. The molecule has 0 radical (unpaired) electrons. The summed E-state index contributed by atoms with van der Waals surface area (Å²) in [6, 6.07) is 9.58. The van der Waals surface area contributed by atoms with Crippen molar-refractivity contribution in [2.24, 2.45) is 0 Å². The molecule has 1 aliphatic rings. The highest BCUT2D eigenvalue weighted by Crippen LogP contribution is 2.36. The largest absolute Gasteiger partial charge is 0.454 e. The van der Waals surface area contributed by atoms with Crippen molar-refractivity contribution in [1.82, 2.24) is 4.72 Å². The number of hydrogen-bond acceptors (Lipinski definition) is 4. The number of benzene rings is 2. The summed E-state index contributed by atoms with van der Waals surface area (Å²) in [5, 5.41) is 0. The standard InChI is InChI=1S/C23H31NO4S/c1-14(2)18-10-19(15(3)4)23(20(11-18)16(5)6)29(25,26)24-12-17-7-8-21-22(9-17)28-13-27-21/h7-11,14-16,24H,12-13H2,1-6H3. The predicted molar refractivity (Wildman–Crippen MR) is 115 cm³/mol. The molecule has 6 heteroatoms. The number of fused-ring (bicyclic) bond motifs is 1. The van der Waals surface area contributed by atoms with E-state index in [0.717, 1.165) is 16.7 Å². The van der Waals surface area contributed by atoms with E-state index in [1.807, 2.05) is 45.9 Å². The van der Waals surface area contributed by atoms with Crippen LogP contribution in [-0.2, 0) is 16.6 Å². The normalized spacial score (nSPS) is 13.7. The molecular weight excluding hydrogens is 386 g/mol. The molecule has 1 heterocycles. The first-order valence-electron chi connectivity index (χ1n) is 10.2. The molecule has 0 saturated heterocycles. The Labute approximate surface area is 174 Å². The molecule has 1 aliphatic heterocycles. The summed E-state index contributed by atoms with van der Waals surface area (Å²) >= 11 is 0. The van der Waals surface area contributed by atoms with E-state index in [1.54, 1.807) is 0 Å². The Hall–Kier alpha value is -2.05. The second kappa shape index (κ2) is 8.36. The summed E-state index contributed by atoms with van der Waals surface area (Å²) in [4.78, 5) is 0.424. The molecule has 0 unspecified atom stereocenters. The number of nitrogens with one attached hydrogen (secondary N) is 1. The smallest absolute Gasteiger partial charge is 0.241 e. The van der Waals surface area contributed by atoms with Crippen molar-refractivity contribution < 1.29 is 17.9 Å². The lowest BCUT2D eigenvalue weighted by Crippen LogP contribution is -2.26. The minimum Gasteiger partial charge on any atom is -0.454 e. The summed E-state index contributed by atoms with van der Waals surface area (Å²) in [6.45, 7) is 12.8. The highest BCUT2D eigenvalue weighted by molar-refractivity contribution is 7.89. The minimum atomic E-state index is -3.69. The van der Waals surface area contributed by atoms with Crippen LogP contribution in [0.15, 0.2) is 35.2 Å². The van der Waals surface area contributed by atoms with Crippen molar-refractivity contribution in [3.8, 4) is 11.5 Å². The van der Waals surface area contributed by atoms with Crippen molar-refractivity contribution in [3.63, 3.8) is 0 Å². The zero-order chi connectivity index (χ0) is 21.3. The highest BCUT2D eigenvalue weighted by atomic mass is 32.2. The fourth-order valence-corrected chi connectivity index (χ4v) is 5.21. The van der Waals surface area contributed by atoms with Crippen LogP contribution in [-0.4, -0.2) is 15.2 Å². The van der Waals surface area contributed by atoms with Gasteiger partial charge < -0.3 is 9.47 Å². The van der Waals surface area contributed by atoms with Gasteiger partial charge in [0.05, 0.1) is 4.90 Å². The zero-order valence-electron chi connectivity index (χ0n) is 18.1. The molecule has 0 amide bonds. The van der Waals surface area contributed by atoms with Crippen LogP contribution >= 0.6 is 0 Å². The molecule has 1 N–H and O–H groups in total. The molecule has 2 aromatic rings. The van der Waals surface area contributed by atoms with E-state index in [9.17, 15) is 8.42 Å². The molecule has 0 fully saturated rings. The number of ether oxygens (including phenoxy) is 2. The van der Waals surface area contributed by atoms with Crippen LogP contribution in [0.4, 0.5) is 0 Å². The molecule has 158 valence electrons. The maximum Gasteiger partial charge on any atom is 0.241 e. The van der Waals surface area contributed by atoms with Crippen LogP contribution in [0.1, 0.15) is 81.5 Å². The SMILES string of the molecule is CC(C)c1cc(C(C)C)c(S(=O)(=O)NCc2ccc3c(c2)OCO3)c(C(C)C)c1. The van der Waals surface area contributed by atoms with Crippen LogP contribution in [0, 0.1) is 0 Å². The zero-order valence-corrected chi connectivity index (χ0v) is 18.9. The summed E-state index contributed by atoms with van der Waals surface area (Å²) in [5.74, 6) is 1.87. The Balaban J connectivity index is 1.98. The molecule has 0 spiro atoms. The summed E-state index contributed by atoms with van der Waals surface area (Å²) < 4.78 is 40.3. The van der Waals surface area contributed by atoms with Gasteiger partial charge in [0.1, 0.15) is 0 Å². The van der Waals surface area contributed by atoms with Crippen LogP contribution in [0.5, 0.6) is 11.5 Å².